The summed E-state index contributed by atoms with van der Waals surface area (Å²) < 4.78 is 12.0. The minimum atomic E-state index is -0.256. The van der Waals surface area contributed by atoms with Gasteiger partial charge >= 0.3 is 0 Å². The number of nitrogens with one attached hydrogen (secondary N) is 1. The van der Waals surface area contributed by atoms with Gasteiger partial charge in [-0.2, -0.15) is 0 Å². The predicted molar refractivity (Wildman–Crippen MR) is 89.3 cm³/mol. The van der Waals surface area contributed by atoms with Gasteiger partial charge in [0.25, 0.3) is 5.91 Å². The van der Waals surface area contributed by atoms with Crippen LogP contribution in [0.2, 0.25) is 0 Å². The van der Waals surface area contributed by atoms with Gasteiger partial charge in [0.05, 0.1) is 25.5 Å². The van der Waals surface area contributed by atoms with Crippen LogP contribution in [-0.4, -0.2) is 20.1 Å². The third-order valence-electron chi connectivity index (χ3n) is 2.83. The zero-order valence-corrected chi connectivity index (χ0v) is 14.6. The normalized spacial score (nSPS) is 10.1. The zero-order valence-electron chi connectivity index (χ0n) is 11.4. The topological polar surface area (TPSA) is 47.6 Å². The molecule has 0 saturated heterocycles. The fourth-order valence-corrected chi connectivity index (χ4v) is 2.46. The molecule has 110 valence electrons. The van der Waals surface area contributed by atoms with E-state index in [0.717, 1.165) is 8.95 Å². The van der Waals surface area contributed by atoms with Crippen molar-refractivity contribution in [3.8, 4) is 11.5 Å². The number of rotatable bonds is 4. The maximum atomic E-state index is 12.4. The highest BCUT2D eigenvalue weighted by Gasteiger charge is 2.14. The van der Waals surface area contributed by atoms with Crippen LogP contribution < -0.4 is 14.8 Å². The fourth-order valence-electron chi connectivity index (χ4n) is 1.77. The van der Waals surface area contributed by atoms with Crippen molar-refractivity contribution in [2.75, 3.05) is 19.5 Å². The third kappa shape index (κ3) is 3.77. The summed E-state index contributed by atoms with van der Waals surface area (Å²) in [5.41, 5.74) is 1.08. The van der Waals surface area contributed by atoms with Gasteiger partial charge in [0.1, 0.15) is 11.5 Å². The number of amides is 1. The second-order valence-electron chi connectivity index (χ2n) is 4.14. The molecule has 2 aromatic rings. The molecular weight excluding hydrogens is 402 g/mol. The Balaban J connectivity index is 2.30. The molecule has 6 heteroatoms. The Morgan fingerprint density at radius 3 is 2.48 bits per heavy atom. The van der Waals surface area contributed by atoms with Gasteiger partial charge in [0.15, 0.2) is 0 Å². The van der Waals surface area contributed by atoms with Crippen LogP contribution in [0.1, 0.15) is 10.4 Å². The second kappa shape index (κ2) is 6.95. The molecule has 1 N–H and O–H groups in total. The SMILES string of the molecule is COc1ccc(Br)c(NC(=O)c2ccc(Br)cc2OC)c1. The van der Waals surface area contributed by atoms with Crippen molar-refractivity contribution < 1.29 is 14.3 Å². The monoisotopic (exact) mass is 413 g/mol. The lowest BCUT2D eigenvalue weighted by atomic mass is 10.2. The standard InChI is InChI=1S/C15H13Br2NO3/c1-20-10-4-6-12(17)13(8-10)18-15(19)11-5-3-9(16)7-14(11)21-2/h3-8H,1-2H3,(H,18,19). The smallest absolute Gasteiger partial charge is 0.259 e. The summed E-state index contributed by atoms with van der Waals surface area (Å²) in [6, 6.07) is 10.6. The minimum Gasteiger partial charge on any atom is -0.497 e. The van der Waals surface area contributed by atoms with Gasteiger partial charge < -0.3 is 14.8 Å². The summed E-state index contributed by atoms with van der Waals surface area (Å²) >= 11 is 6.75. The first kappa shape index (κ1) is 15.9. The van der Waals surface area contributed by atoms with Crippen LogP contribution in [0.5, 0.6) is 11.5 Å². The van der Waals surface area contributed by atoms with Gasteiger partial charge in [-0.3, -0.25) is 4.79 Å². The molecule has 0 atom stereocenters. The van der Waals surface area contributed by atoms with E-state index in [4.69, 9.17) is 9.47 Å². The Bertz CT molecular complexity index is 674. The van der Waals surface area contributed by atoms with E-state index in [0.29, 0.717) is 22.7 Å². The molecule has 2 aromatic carbocycles. The number of ether oxygens (including phenoxy) is 2. The molecule has 0 aliphatic heterocycles. The van der Waals surface area contributed by atoms with Gasteiger partial charge in [-0.25, -0.2) is 0 Å². The summed E-state index contributed by atoms with van der Waals surface area (Å²) in [5.74, 6) is 0.908. The van der Waals surface area contributed by atoms with E-state index in [1.165, 1.54) is 7.11 Å². The highest BCUT2D eigenvalue weighted by molar-refractivity contribution is 9.10. The molecule has 21 heavy (non-hydrogen) atoms. The quantitative estimate of drug-likeness (QED) is 0.802. The number of carbonyl (C=O) groups is 1. The van der Waals surface area contributed by atoms with E-state index in [1.54, 1.807) is 37.4 Å². The van der Waals surface area contributed by atoms with Crippen LogP contribution >= 0.6 is 31.9 Å². The highest BCUT2D eigenvalue weighted by atomic mass is 79.9. The van der Waals surface area contributed by atoms with Crippen molar-refractivity contribution in [2.24, 2.45) is 0 Å². The maximum Gasteiger partial charge on any atom is 0.259 e. The first-order valence-corrected chi connectivity index (χ1v) is 7.62. The first-order valence-electron chi connectivity index (χ1n) is 6.03. The maximum absolute atomic E-state index is 12.4. The third-order valence-corrected chi connectivity index (χ3v) is 4.01. The van der Waals surface area contributed by atoms with E-state index in [2.05, 4.69) is 37.2 Å². The highest BCUT2D eigenvalue weighted by Crippen LogP contribution is 2.29. The second-order valence-corrected chi connectivity index (χ2v) is 5.91. The molecule has 0 heterocycles. The summed E-state index contributed by atoms with van der Waals surface area (Å²) in [6.45, 7) is 0. The van der Waals surface area contributed by atoms with Crippen molar-refractivity contribution >= 4 is 43.5 Å². The molecular formula is C15H13Br2NO3. The minimum absolute atomic E-state index is 0.256. The van der Waals surface area contributed by atoms with Gasteiger partial charge in [-0.05, 0) is 46.3 Å². The summed E-state index contributed by atoms with van der Waals surface area (Å²) in [5, 5.41) is 2.83. The molecule has 0 saturated carbocycles. The first-order chi connectivity index (χ1) is 10.0. The van der Waals surface area contributed by atoms with Crippen molar-refractivity contribution in [1.29, 1.82) is 0 Å². The Labute approximate surface area is 139 Å². The zero-order chi connectivity index (χ0) is 15.4. The molecule has 0 spiro atoms. The van der Waals surface area contributed by atoms with Crippen LogP contribution in [0.4, 0.5) is 5.69 Å². The lowest BCUT2D eigenvalue weighted by Crippen LogP contribution is -2.13. The lowest BCUT2D eigenvalue weighted by Gasteiger charge is -2.12. The average Bonchev–Trinajstić information content (AvgIpc) is 2.49. The summed E-state index contributed by atoms with van der Waals surface area (Å²) in [7, 11) is 3.10. The molecule has 0 aliphatic carbocycles. The van der Waals surface area contributed by atoms with E-state index in [-0.39, 0.29) is 5.91 Å². The fraction of sp³-hybridized carbons (Fsp3) is 0.133. The largest absolute Gasteiger partial charge is 0.497 e. The number of anilines is 1. The Morgan fingerprint density at radius 1 is 1.05 bits per heavy atom. The van der Waals surface area contributed by atoms with Crippen molar-refractivity contribution in [3.05, 3.63) is 50.9 Å². The van der Waals surface area contributed by atoms with E-state index < -0.39 is 0 Å². The van der Waals surface area contributed by atoms with Crippen molar-refractivity contribution in [2.45, 2.75) is 0 Å². The van der Waals surface area contributed by atoms with E-state index >= 15 is 0 Å². The Morgan fingerprint density at radius 2 is 1.81 bits per heavy atom. The average molecular weight is 415 g/mol. The van der Waals surface area contributed by atoms with Gasteiger partial charge in [-0.15, -0.1) is 0 Å². The number of hydrogen-bond acceptors (Lipinski definition) is 3. The van der Waals surface area contributed by atoms with Gasteiger partial charge in [0, 0.05) is 15.0 Å². The number of hydrogen-bond donors (Lipinski definition) is 1. The number of benzene rings is 2. The van der Waals surface area contributed by atoms with Crippen LogP contribution in [0, 0.1) is 0 Å². The van der Waals surface area contributed by atoms with Crippen molar-refractivity contribution in [1.82, 2.24) is 0 Å². The predicted octanol–water partition coefficient (Wildman–Crippen LogP) is 4.48. The van der Waals surface area contributed by atoms with Crippen molar-refractivity contribution in [3.63, 3.8) is 0 Å². The van der Waals surface area contributed by atoms with Crippen LogP contribution in [0.15, 0.2) is 45.3 Å². The van der Waals surface area contributed by atoms with Gasteiger partial charge in [0.2, 0.25) is 0 Å². The summed E-state index contributed by atoms with van der Waals surface area (Å²) in [4.78, 5) is 12.4. The van der Waals surface area contributed by atoms with Crippen LogP contribution in [0.3, 0.4) is 0 Å². The molecule has 0 radical (unpaired) electrons. The van der Waals surface area contributed by atoms with E-state index in [9.17, 15) is 4.79 Å². The molecule has 1 amide bonds. The summed E-state index contributed by atoms with van der Waals surface area (Å²) in [6.07, 6.45) is 0. The molecule has 0 bridgehead atoms. The molecule has 0 aromatic heterocycles. The number of carbonyl (C=O) groups excluding carboxylic acids is 1. The molecule has 2 rings (SSSR count). The molecule has 0 aliphatic rings. The van der Waals surface area contributed by atoms with Crippen LogP contribution in [0.25, 0.3) is 0 Å². The Kier molecular flexibility index (Phi) is 5.25. The lowest BCUT2D eigenvalue weighted by molar-refractivity contribution is 0.102. The van der Waals surface area contributed by atoms with Crippen LogP contribution in [-0.2, 0) is 0 Å². The number of methoxy groups -OCH3 is 2. The molecule has 0 unspecified atom stereocenters. The van der Waals surface area contributed by atoms with Gasteiger partial charge in [-0.1, -0.05) is 15.9 Å². The molecule has 0 fully saturated rings. The molecule has 4 nitrogen and oxygen atoms in total. The van der Waals surface area contributed by atoms with E-state index in [1.807, 2.05) is 6.07 Å². The Hall–Kier alpha value is -1.53. The number of halogens is 2.